The third-order valence-electron chi connectivity index (χ3n) is 6.42. The number of halogens is 2. The van der Waals surface area contributed by atoms with Crippen molar-refractivity contribution >= 4 is 56.2 Å². The van der Waals surface area contributed by atoms with Crippen LogP contribution in [-0.2, 0) is 16.1 Å². The van der Waals surface area contributed by atoms with Gasteiger partial charge in [-0.15, -0.1) is 0 Å². The van der Waals surface area contributed by atoms with Gasteiger partial charge in [-0.3, -0.25) is 19.1 Å². The number of rotatable bonds is 7. The van der Waals surface area contributed by atoms with Gasteiger partial charge in [0.15, 0.2) is 5.78 Å². The highest BCUT2D eigenvalue weighted by molar-refractivity contribution is 9.10. The number of ketones is 1. The van der Waals surface area contributed by atoms with Gasteiger partial charge in [0.25, 0.3) is 0 Å². The Balaban J connectivity index is 1.40. The summed E-state index contributed by atoms with van der Waals surface area (Å²) in [4.78, 5) is 52.5. The van der Waals surface area contributed by atoms with E-state index in [-0.39, 0.29) is 36.8 Å². The molecule has 0 radical (unpaired) electrons. The van der Waals surface area contributed by atoms with Crippen LogP contribution in [0.1, 0.15) is 23.8 Å². The van der Waals surface area contributed by atoms with E-state index in [1.54, 1.807) is 49.8 Å². The van der Waals surface area contributed by atoms with Gasteiger partial charge in [-0.2, -0.15) is 5.10 Å². The lowest BCUT2D eigenvalue weighted by Gasteiger charge is -2.23. The maximum absolute atomic E-state index is 14.4. The summed E-state index contributed by atoms with van der Waals surface area (Å²) >= 11 is 3.24. The van der Waals surface area contributed by atoms with Crippen molar-refractivity contribution in [2.45, 2.75) is 32.1 Å². The number of benzene rings is 1. The van der Waals surface area contributed by atoms with Crippen molar-refractivity contribution in [1.82, 2.24) is 29.6 Å². The standard InChI is InChI=1S/C26H24BrFN8O3/c1-14(37)24-18-8-15(16-10-30-26(29-2)31-11-16)6-7-19(18)36(34-24)13-23(38)35-12-17(28)9-20(35)25(39)33-22-5-3-4-21(27)32-22/h3-8,10-11,17,20H,9,12-13H2,1-2H3,(H,29,30,31)(H,32,33,39)/t17-,20+/m1/s1. The van der Waals surface area contributed by atoms with Crippen LogP contribution in [0, 0.1) is 0 Å². The van der Waals surface area contributed by atoms with Crippen LogP contribution in [0.2, 0.25) is 0 Å². The first-order valence-electron chi connectivity index (χ1n) is 12.1. The van der Waals surface area contributed by atoms with Crippen LogP contribution in [0.3, 0.4) is 0 Å². The molecule has 5 rings (SSSR count). The Morgan fingerprint density at radius 1 is 1.13 bits per heavy atom. The lowest BCUT2D eigenvalue weighted by atomic mass is 10.0. The fourth-order valence-electron chi connectivity index (χ4n) is 4.56. The van der Waals surface area contributed by atoms with E-state index in [2.05, 4.69) is 46.6 Å². The summed E-state index contributed by atoms with van der Waals surface area (Å²) in [7, 11) is 1.72. The molecule has 2 amide bonds. The molecular weight excluding hydrogens is 571 g/mol. The lowest BCUT2D eigenvalue weighted by Crippen LogP contribution is -2.44. The number of nitrogens with one attached hydrogen (secondary N) is 2. The van der Waals surface area contributed by atoms with E-state index in [9.17, 15) is 18.8 Å². The van der Waals surface area contributed by atoms with Crippen LogP contribution in [0.5, 0.6) is 0 Å². The first-order chi connectivity index (χ1) is 18.7. The van der Waals surface area contributed by atoms with Gasteiger partial charge in [0.2, 0.25) is 17.8 Å². The first-order valence-corrected chi connectivity index (χ1v) is 12.9. The minimum absolute atomic E-state index is 0.123. The molecule has 13 heteroatoms. The normalized spacial score (nSPS) is 16.9. The number of amides is 2. The van der Waals surface area contributed by atoms with E-state index < -0.39 is 24.0 Å². The number of anilines is 2. The highest BCUT2D eigenvalue weighted by atomic mass is 79.9. The fraction of sp³-hybridized carbons (Fsp3) is 0.269. The average molecular weight is 595 g/mol. The fourth-order valence-corrected chi connectivity index (χ4v) is 4.90. The molecule has 4 aromatic rings. The van der Waals surface area contributed by atoms with Gasteiger partial charge in [-0.1, -0.05) is 12.1 Å². The van der Waals surface area contributed by atoms with Crippen molar-refractivity contribution in [3.05, 3.63) is 59.1 Å². The second-order valence-corrected chi connectivity index (χ2v) is 9.88. The Morgan fingerprint density at radius 3 is 2.59 bits per heavy atom. The molecule has 200 valence electrons. The molecule has 0 spiro atoms. The second-order valence-electron chi connectivity index (χ2n) is 9.07. The van der Waals surface area contributed by atoms with Crippen molar-refractivity contribution in [3.8, 4) is 11.1 Å². The number of nitrogens with zero attached hydrogens (tertiary/aromatic N) is 6. The van der Waals surface area contributed by atoms with Gasteiger partial charge in [-0.05, 0) is 45.8 Å². The van der Waals surface area contributed by atoms with E-state index in [1.165, 1.54) is 16.5 Å². The SMILES string of the molecule is CNc1ncc(-c2ccc3c(c2)c(C(C)=O)nn3CC(=O)N2C[C@H](F)C[C@H]2C(=O)Nc2cccc(Br)n2)cn1. The van der Waals surface area contributed by atoms with Gasteiger partial charge in [-0.25, -0.2) is 19.3 Å². The van der Waals surface area contributed by atoms with Crippen molar-refractivity contribution < 1.29 is 18.8 Å². The zero-order valence-electron chi connectivity index (χ0n) is 21.1. The van der Waals surface area contributed by atoms with Crippen LogP contribution in [0.15, 0.2) is 53.4 Å². The van der Waals surface area contributed by atoms with Crippen molar-refractivity contribution in [3.63, 3.8) is 0 Å². The molecule has 1 aliphatic rings. The maximum Gasteiger partial charge on any atom is 0.248 e. The van der Waals surface area contributed by atoms with Gasteiger partial charge in [0.05, 0.1) is 12.1 Å². The molecule has 11 nitrogen and oxygen atoms in total. The molecule has 1 aliphatic heterocycles. The van der Waals surface area contributed by atoms with Crippen molar-refractivity contribution in [1.29, 1.82) is 0 Å². The summed E-state index contributed by atoms with van der Waals surface area (Å²) in [6, 6.07) is 9.38. The molecule has 2 N–H and O–H groups in total. The molecule has 1 fully saturated rings. The Morgan fingerprint density at radius 2 is 1.90 bits per heavy atom. The summed E-state index contributed by atoms with van der Waals surface area (Å²) in [6.45, 7) is 0.916. The molecule has 1 saturated heterocycles. The van der Waals surface area contributed by atoms with Crippen LogP contribution in [0.25, 0.3) is 22.0 Å². The highest BCUT2D eigenvalue weighted by Crippen LogP contribution is 2.28. The zero-order valence-corrected chi connectivity index (χ0v) is 22.6. The van der Waals surface area contributed by atoms with Gasteiger partial charge in [0.1, 0.15) is 34.9 Å². The highest BCUT2D eigenvalue weighted by Gasteiger charge is 2.40. The zero-order chi connectivity index (χ0) is 27.7. The Hall–Kier alpha value is -4.26. The summed E-state index contributed by atoms with van der Waals surface area (Å²) in [5, 5.41) is 10.5. The molecule has 39 heavy (non-hydrogen) atoms. The van der Waals surface area contributed by atoms with Gasteiger partial charge in [0, 0.05) is 43.7 Å². The molecular formula is C26H24BrFN8O3. The largest absolute Gasteiger partial charge is 0.357 e. The Labute approximate surface area is 231 Å². The number of alkyl halides is 1. The Kier molecular flexibility index (Phi) is 7.33. The number of aromatic nitrogens is 5. The summed E-state index contributed by atoms with van der Waals surface area (Å²) < 4.78 is 16.4. The predicted molar refractivity (Wildman–Crippen MR) is 146 cm³/mol. The molecule has 4 heterocycles. The molecule has 0 aliphatic carbocycles. The van der Waals surface area contributed by atoms with E-state index in [0.29, 0.717) is 21.5 Å². The topological polar surface area (TPSA) is 135 Å². The first kappa shape index (κ1) is 26.4. The van der Waals surface area contributed by atoms with Crippen molar-refractivity contribution in [2.75, 3.05) is 24.2 Å². The number of hydrogen-bond donors (Lipinski definition) is 2. The molecule has 3 aromatic heterocycles. The smallest absolute Gasteiger partial charge is 0.248 e. The van der Waals surface area contributed by atoms with Crippen LogP contribution in [-0.4, -0.2) is 73.0 Å². The summed E-state index contributed by atoms with van der Waals surface area (Å²) in [5.74, 6) is -0.519. The molecule has 1 aromatic carbocycles. The molecule has 0 unspecified atom stereocenters. The van der Waals surface area contributed by atoms with Crippen LogP contribution in [0.4, 0.5) is 16.2 Å². The summed E-state index contributed by atoms with van der Waals surface area (Å²) in [5.41, 5.74) is 2.28. The third kappa shape index (κ3) is 5.48. The van der Waals surface area contributed by atoms with E-state index in [4.69, 9.17) is 0 Å². The lowest BCUT2D eigenvalue weighted by molar-refractivity contribution is -0.137. The number of carbonyl (C=O) groups excluding carboxylic acids is 3. The third-order valence-corrected chi connectivity index (χ3v) is 6.86. The van der Waals surface area contributed by atoms with E-state index in [1.807, 2.05) is 6.07 Å². The molecule has 0 saturated carbocycles. The monoisotopic (exact) mass is 594 g/mol. The van der Waals surface area contributed by atoms with E-state index >= 15 is 0 Å². The molecule has 0 bridgehead atoms. The van der Waals surface area contributed by atoms with Crippen molar-refractivity contribution in [2.24, 2.45) is 0 Å². The maximum atomic E-state index is 14.4. The number of Topliss-reactive ketones (excluding diaryl/α,β-unsaturated/α-hetero) is 1. The Bertz CT molecular complexity index is 1580. The number of pyridine rings is 1. The van der Waals surface area contributed by atoms with Gasteiger partial charge < -0.3 is 15.5 Å². The number of fused-ring (bicyclic) bond motifs is 1. The number of carbonyl (C=O) groups is 3. The number of likely N-dealkylation sites (tertiary alicyclic amines) is 1. The van der Waals surface area contributed by atoms with Gasteiger partial charge >= 0.3 is 0 Å². The minimum atomic E-state index is -1.35. The molecule has 2 atom stereocenters. The number of hydrogen-bond acceptors (Lipinski definition) is 8. The van der Waals surface area contributed by atoms with Crippen LogP contribution < -0.4 is 10.6 Å². The minimum Gasteiger partial charge on any atom is -0.357 e. The average Bonchev–Trinajstić information content (AvgIpc) is 3.49. The van der Waals surface area contributed by atoms with E-state index in [0.717, 1.165) is 11.1 Å². The predicted octanol–water partition coefficient (Wildman–Crippen LogP) is 3.47. The quantitative estimate of drug-likeness (QED) is 0.245. The summed E-state index contributed by atoms with van der Waals surface area (Å²) in [6.07, 6.45) is 1.86. The van der Waals surface area contributed by atoms with Crippen LogP contribution >= 0.6 is 15.9 Å². The second kappa shape index (κ2) is 10.8.